The molecule has 0 aliphatic heterocycles. The summed E-state index contributed by atoms with van der Waals surface area (Å²) >= 11 is 1.43. The maximum absolute atomic E-state index is 11.9. The zero-order chi connectivity index (χ0) is 22.0. The summed E-state index contributed by atoms with van der Waals surface area (Å²) in [5.41, 5.74) is 1.73. The molecule has 0 spiro atoms. The minimum Gasteiger partial charge on any atom is -0.490 e. The summed E-state index contributed by atoms with van der Waals surface area (Å²) in [6.07, 6.45) is 1.97. The van der Waals surface area contributed by atoms with Crippen molar-refractivity contribution in [3.8, 4) is 5.75 Å². The number of aromatic nitrogens is 4. The van der Waals surface area contributed by atoms with E-state index in [0.29, 0.717) is 28.4 Å². The Morgan fingerprint density at radius 1 is 1.23 bits per heavy atom. The summed E-state index contributed by atoms with van der Waals surface area (Å²) in [4.78, 5) is 24.1. The predicted molar refractivity (Wildman–Crippen MR) is 121 cm³/mol. The average Bonchev–Trinajstić information content (AvgIpc) is 3.52. The molecule has 0 radical (unpaired) electrons. The summed E-state index contributed by atoms with van der Waals surface area (Å²) < 4.78 is 5.58. The van der Waals surface area contributed by atoms with E-state index in [1.165, 1.54) is 11.8 Å². The smallest absolute Gasteiger partial charge is 0.227 e. The number of nitrogens with zero attached hydrogens (tertiary/aromatic N) is 4. The fourth-order valence-corrected chi connectivity index (χ4v) is 3.70. The standard InChI is InChI=1S/C21H25N7O2S/c1-12-11-16(27-26-12)23-18-17(30-4)19(28(2)3)25-21(24-18)31-15-9-7-14(8-10-15)22-20(29)13-5-6-13/h7-11,13H,5-6H2,1-4H3,(H,22,29)(H2,23,24,25,26,27). The molecule has 1 saturated carbocycles. The molecule has 9 nitrogen and oxygen atoms in total. The van der Waals surface area contributed by atoms with Crippen LogP contribution in [0.4, 0.5) is 23.1 Å². The lowest BCUT2D eigenvalue weighted by atomic mass is 10.3. The van der Waals surface area contributed by atoms with Gasteiger partial charge in [0.15, 0.2) is 22.6 Å². The number of hydrogen-bond acceptors (Lipinski definition) is 8. The van der Waals surface area contributed by atoms with Gasteiger partial charge >= 0.3 is 0 Å². The number of carbonyl (C=O) groups is 1. The largest absolute Gasteiger partial charge is 0.490 e. The van der Waals surface area contributed by atoms with E-state index in [9.17, 15) is 4.79 Å². The zero-order valence-electron chi connectivity index (χ0n) is 17.9. The second kappa shape index (κ2) is 8.84. The Labute approximate surface area is 185 Å². The number of methoxy groups -OCH3 is 1. The summed E-state index contributed by atoms with van der Waals surface area (Å²) in [5.74, 6) is 2.64. The third-order valence-electron chi connectivity index (χ3n) is 4.69. The van der Waals surface area contributed by atoms with Crippen LogP contribution in [-0.4, -0.2) is 47.3 Å². The van der Waals surface area contributed by atoms with Gasteiger partial charge in [-0.2, -0.15) is 5.10 Å². The molecule has 1 amide bonds. The number of nitrogens with one attached hydrogen (secondary N) is 3. The van der Waals surface area contributed by atoms with E-state index in [4.69, 9.17) is 4.74 Å². The van der Waals surface area contributed by atoms with Gasteiger partial charge in [0.2, 0.25) is 11.7 Å². The van der Waals surface area contributed by atoms with Crippen molar-refractivity contribution in [3.63, 3.8) is 0 Å². The molecule has 10 heteroatoms. The first-order valence-electron chi connectivity index (χ1n) is 9.94. The zero-order valence-corrected chi connectivity index (χ0v) is 18.7. The Bertz CT molecular complexity index is 1080. The minimum absolute atomic E-state index is 0.0961. The molecule has 2 heterocycles. The van der Waals surface area contributed by atoms with Crippen molar-refractivity contribution in [2.24, 2.45) is 5.92 Å². The minimum atomic E-state index is 0.0961. The van der Waals surface area contributed by atoms with Crippen LogP contribution in [0.1, 0.15) is 18.5 Å². The molecule has 162 valence electrons. The lowest BCUT2D eigenvalue weighted by Gasteiger charge is -2.18. The molecule has 4 rings (SSSR count). The van der Waals surface area contributed by atoms with Gasteiger partial charge in [0.05, 0.1) is 7.11 Å². The first kappa shape index (κ1) is 21.0. The summed E-state index contributed by atoms with van der Waals surface area (Å²) in [7, 11) is 5.40. The topological polar surface area (TPSA) is 108 Å². The molecular weight excluding hydrogens is 414 g/mol. The number of aromatic amines is 1. The fraction of sp³-hybridized carbons (Fsp3) is 0.333. The van der Waals surface area contributed by atoms with E-state index in [1.54, 1.807) is 7.11 Å². The summed E-state index contributed by atoms with van der Waals surface area (Å²) in [6.45, 7) is 1.93. The van der Waals surface area contributed by atoms with Crippen molar-refractivity contribution in [3.05, 3.63) is 36.0 Å². The van der Waals surface area contributed by atoms with E-state index < -0.39 is 0 Å². The Balaban J connectivity index is 1.57. The molecule has 3 aromatic rings. The molecule has 1 fully saturated rings. The van der Waals surface area contributed by atoms with Crippen LogP contribution in [0.3, 0.4) is 0 Å². The first-order valence-corrected chi connectivity index (χ1v) is 10.8. The van der Waals surface area contributed by atoms with E-state index in [1.807, 2.05) is 56.3 Å². The number of H-pyrrole nitrogens is 1. The van der Waals surface area contributed by atoms with E-state index in [2.05, 4.69) is 30.8 Å². The number of aryl methyl sites for hydroxylation is 1. The molecule has 0 atom stereocenters. The summed E-state index contributed by atoms with van der Waals surface area (Å²) in [5, 5.41) is 13.8. The molecule has 0 saturated heterocycles. The second-order valence-electron chi connectivity index (χ2n) is 7.56. The van der Waals surface area contributed by atoms with Gasteiger partial charge in [0, 0.05) is 42.4 Å². The van der Waals surface area contributed by atoms with Crippen molar-refractivity contribution in [1.82, 2.24) is 20.2 Å². The number of benzene rings is 1. The van der Waals surface area contributed by atoms with Crippen molar-refractivity contribution in [2.75, 3.05) is 36.7 Å². The van der Waals surface area contributed by atoms with Crippen LogP contribution in [-0.2, 0) is 4.79 Å². The van der Waals surface area contributed by atoms with Gasteiger partial charge in [-0.3, -0.25) is 9.89 Å². The Hall–Kier alpha value is -3.27. The van der Waals surface area contributed by atoms with E-state index in [0.717, 1.165) is 29.1 Å². The van der Waals surface area contributed by atoms with Gasteiger partial charge in [-0.15, -0.1) is 0 Å². The number of amides is 1. The van der Waals surface area contributed by atoms with Crippen molar-refractivity contribution < 1.29 is 9.53 Å². The van der Waals surface area contributed by atoms with Crippen molar-refractivity contribution >= 4 is 40.8 Å². The molecule has 1 aromatic carbocycles. The Morgan fingerprint density at radius 2 is 1.97 bits per heavy atom. The normalized spacial score (nSPS) is 13.0. The third kappa shape index (κ3) is 5.08. The lowest BCUT2D eigenvalue weighted by molar-refractivity contribution is -0.117. The van der Waals surface area contributed by atoms with Crippen molar-refractivity contribution in [1.29, 1.82) is 0 Å². The second-order valence-corrected chi connectivity index (χ2v) is 8.60. The van der Waals surface area contributed by atoms with Crippen molar-refractivity contribution in [2.45, 2.75) is 29.8 Å². The molecular formula is C21H25N7O2S. The predicted octanol–water partition coefficient (Wildman–Crippen LogP) is 3.83. The average molecular weight is 440 g/mol. The fourth-order valence-electron chi connectivity index (χ4n) is 2.95. The molecule has 0 bridgehead atoms. The first-order chi connectivity index (χ1) is 14.9. The third-order valence-corrected chi connectivity index (χ3v) is 5.56. The molecule has 0 unspecified atom stereocenters. The lowest BCUT2D eigenvalue weighted by Crippen LogP contribution is -2.14. The van der Waals surface area contributed by atoms with E-state index >= 15 is 0 Å². The Morgan fingerprint density at radius 3 is 2.55 bits per heavy atom. The quantitative estimate of drug-likeness (QED) is 0.455. The SMILES string of the molecule is COc1c(Nc2cc(C)[nH]n2)nc(Sc2ccc(NC(=O)C3CC3)cc2)nc1N(C)C. The van der Waals surface area contributed by atoms with Gasteiger partial charge in [0.1, 0.15) is 0 Å². The van der Waals surface area contributed by atoms with Gasteiger partial charge < -0.3 is 20.3 Å². The van der Waals surface area contributed by atoms with Crippen LogP contribution in [0.2, 0.25) is 0 Å². The maximum Gasteiger partial charge on any atom is 0.227 e. The van der Waals surface area contributed by atoms with Crippen LogP contribution in [0, 0.1) is 12.8 Å². The molecule has 2 aromatic heterocycles. The van der Waals surface area contributed by atoms with Crippen LogP contribution in [0.25, 0.3) is 0 Å². The van der Waals surface area contributed by atoms with Gasteiger partial charge in [-0.1, -0.05) is 0 Å². The van der Waals surface area contributed by atoms with E-state index in [-0.39, 0.29) is 11.8 Å². The molecule has 3 N–H and O–H groups in total. The van der Waals surface area contributed by atoms with Crippen LogP contribution < -0.4 is 20.3 Å². The van der Waals surface area contributed by atoms with Gasteiger partial charge in [-0.05, 0) is 55.8 Å². The number of hydrogen-bond donors (Lipinski definition) is 3. The number of anilines is 4. The molecule has 31 heavy (non-hydrogen) atoms. The van der Waals surface area contributed by atoms with Gasteiger partial charge in [0.25, 0.3) is 0 Å². The number of rotatable bonds is 8. The highest BCUT2D eigenvalue weighted by Gasteiger charge is 2.29. The van der Waals surface area contributed by atoms with Crippen LogP contribution >= 0.6 is 11.8 Å². The maximum atomic E-state index is 11.9. The molecule has 1 aliphatic carbocycles. The highest BCUT2D eigenvalue weighted by molar-refractivity contribution is 7.99. The molecule has 1 aliphatic rings. The summed E-state index contributed by atoms with van der Waals surface area (Å²) in [6, 6.07) is 9.56. The number of carbonyl (C=O) groups excluding carboxylic acids is 1. The Kier molecular flexibility index (Phi) is 5.99. The van der Waals surface area contributed by atoms with Crippen LogP contribution in [0.5, 0.6) is 5.75 Å². The van der Waals surface area contributed by atoms with Gasteiger partial charge in [-0.25, -0.2) is 9.97 Å². The highest BCUT2D eigenvalue weighted by atomic mass is 32.2. The highest BCUT2D eigenvalue weighted by Crippen LogP contribution is 2.37. The number of ether oxygens (including phenoxy) is 1. The van der Waals surface area contributed by atoms with Crippen LogP contribution in [0.15, 0.2) is 40.4 Å². The monoisotopic (exact) mass is 439 g/mol.